The molecule has 0 aromatic heterocycles. The van der Waals surface area contributed by atoms with Gasteiger partial charge in [-0.3, -0.25) is 0 Å². The first kappa shape index (κ1) is 13.5. The predicted molar refractivity (Wildman–Crippen MR) is 74.9 cm³/mol. The number of nitrogens with two attached hydrogens (primary N) is 1. The minimum Gasteiger partial charge on any atom is -0.389 e. The summed E-state index contributed by atoms with van der Waals surface area (Å²) in [6, 6.07) is 6.57. The van der Waals surface area contributed by atoms with E-state index < -0.39 is 10.0 Å². The van der Waals surface area contributed by atoms with Crippen LogP contribution in [0.2, 0.25) is 0 Å². The Bertz CT molecular complexity index is 569. The van der Waals surface area contributed by atoms with Crippen LogP contribution < -0.4 is 5.73 Å². The van der Waals surface area contributed by atoms with Crippen LogP contribution in [0.1, 0.15) is 25.3 Å². The molecule has 98 valence electrons. The van der Waals surface area contributed by atoms with Crippen LogP contribution in [0.25, 0.3) is 0 Å². The van der Waals surface area contributed by atoms with Gasteiger partial charge in [-0.25, -0.2) is 8.42 Å². The zero-order valence-corrected chi connectivity index (χ0v) is 11.8. The fourth-order valence-corrected chi connectivity index (χ4v) is 4.08. The van der Waals surface area contributed by atoms with Gasteiger partial charge in [-0.2, -0.15) is 4.31 Å². The average Bonchev–Trinajstić information content (AvgIpc) is 2.76. The van der Waals surface area contributed by atoms with E-state index >= 15 is 0 Å². The Balaban J connectivity index is 2.41. The standard InChI is InChI=1S/C12H16N2O2S2/c1-9-4-3-7-14(9)18(15,16)11-6-2-5-10(8-11)12(13)17/h2,5-6,8-9H,3-4,7H2,1H3,(H2,13,17). The van der Waals surface area contributed by atoms with Gasteiger partial charge >= 0.3 is 0 Å². The van der Waals surface area contributed by atoms with E-state index in [1.807, 2.05) is 6.92 Å². The van der Waals surface area contributed by atoms with Crippen LogP contribution in [0.3, 0.4) is 0 Å². The molecular weight excluding hydrogens is 268 g/mol. The molecule has 1 heterocycles. The Morgan fingerprint density at radius 3 is 2.78 bits per heavy atom. The molecule has 1 unspecified atom stereocenters. The van der Waals surface area contributed by atoms with Crippen molar-refractivity contribution in [1.29, 1.82) is 0 Å². The van der Waals surface area contributed by atoms with Crippen molar-refractivity contribution in [2.45, 2.75) is 30.7 Å². The van der Waals surface area contributed by atoms with Gasteiger partial charge in [0.1, 0.15) is 4.99 Å². The highest BCUT2D eigenvalue weighted by Gasteiger charge is 2.32. The van der Waals surface area contributed by atoms with Crippen molar-refractivity contribution in [1.82, 2.24) is 4.31 Å². The average molecular weight is 284 g/mol. The molecule has 0 radical (unpaired) electrons. The summed E-state index contributed by atoms with van der Waals surface area (Å²) in [4.78, 5) is 0.475. The smallest absolute Gasteiger partial charge is 0.243 e. The summed E-state index contributed by atoms with van der Waals surface area (Å²) in [5.74, 6) is 0. The van der Waals surface area contributed by atoms with E-state index in [4.69, 9.17) is 18.0 Å². The van der Waals surface area contributed by atoms with Crippen molar-refractivity contribution < 1.29 is 8.42 Å². The molecule has 1 fully saturated rings. The van der Waals surface area contributed by atoms with Crippen LogP contribution in [0.5, 0.6) is 0 Å². The molecule has 1 aliphatic heterocycles. The lowest BCUT2D eigenvalue weighted by Crippen LogP contribution is -2.33. The Hall–Kier alpha value is -0.980. The highest BCUT2D eigenvalue weighted by molar-refractivity contribution is 7.89. The van der Waals surface area contributed by atoms with Gasteiger partial charge in [-0.1, -0.05) is 24.4 Å². The van der Waals surface area contributed by atoms with Crippen molar-refractivity contribution in [3.05, 3.63) is 29.8 Å². The summed E-state index contributed by atoms with van der Waals surface area (Å²) >= 11 is 4.87. The third-order valence-corrected chi connectivity index (χ3v) is 5.46. The van der Waals surface area contributed by atoms with Gasteiger partial charge in [-0.05, 0) is 31.9 Å². The molecule has 0 bridgehead atoms. The lowest BCUT2D eigenvalue weighted by atomic mass is 10.2. The van der Waals surface area contributed by atoms with E-state index in [9.17, 15) is 8.42 Å². The van der Waals surface area contributed by atoms with Crippen LogP contribution in [-0.2, 0) is 10.0 Å². The molecule has 4 nitrogen and oxygen atoms in total. The molecule has 0 aliphatic carbocycles. The first-order valence-electron chi connectivity index (χ1n) is 5.84. The quantitative estimate of drug-likeness (QED) is 0.854. The molecule has 2 rings (SSSR count). The first-order chi connectivity index (χ1) is 8.43. The number of hydrogen-bond acceptors (Lipinski definition) is 3. The molecule has 18 heavy (non-hydrogen) atoms. The number of benzene rings is 1. The SMILES string of the molecule is CC1CCCN1S(=O)(=O)c1cccc(C(N)=S)c1. The number of rotatable bonds is 3. The van der Waals surface area contributed by atoms with Gasteiger partial charge in [0.05, 0.1) is 4.90 Å². The summed E-state index contributed by atoms with van der Waals surface area (Å²) in [6.07, 6.45) is 1.82. The number of sulfonamides is 1. The molecule has 1 aliphatic rings. The minimum atomic E-state index is -3.43. The largest absolute Gasteiger partial charge is 0.389 e. The van der Waals surface area contributed by atoms with Crippen LogP contribution in [0, 0.1) is 0 Å². The lowest BCUT2D eigenvalue weighted by Gasteiger charge is -2.21. The molecule has 6 heteroatoms. The second-order valence-corrected chi connectivity index (χ2v) is 6.83. The van der Waals surface area contributed by atoms with Gasteiger partial charge in [-0.15, -0.1) is 0 Å². The zero-order valence-electron chi connectivity index (χ0n) is 10.2. The van der Waals surface area contributed by atoms with Crippen molar-refractivity contribution in [3.63, 3.8) is 0 Å². The molecule has 0 amide bonds. The van der Waals surface area contributed by atoms with E-state index in [-0.39, 0.29) is 15.9 Å². The highest BCUT2D eigenvalue weighted by Crippen LogP contribution is 2.26. The Labute approximate surface area is 113 Å². The van der Waals surface area contributed by atoms with Gasteiger partial charge in [0.25, 0.3) is 0 Å². The van der Waals surface area contributed by atoms with Gasteiger partial charge in [0, 0.05) is 18.2 Å². The Morgan fingerprint density at radius 1 is 1.50 bits per heavy atom. The van der Waals surface area contributed by atoms with Crippen molar-refractivity contribution in [3.8, 4) is 0 Å². The third-order valence-electron chi connectivity index (χ3n) is 3.22. The number of hydrogen-bond donors (Lipinski definition) is 1. The fourth-order valence-electron chi connectivity index (χ4n) is 2.21. The molecule has 1 aromatic carbocycles. The summed E-state index contributed by atoms with van der Waals surface area (Å²) in [6.45, 7) is 2.52. The minimum absolute atomic E-state index is 0.0588. The number of nitrogens with zero attached hydrogens (tertiary/aromatic N) is 1. The van der Waals surface area contributed by atoms with E-state index in [1.54, 1.807) is 28.6 Å². The molecule has 2 N–H and O–H groups in total. The molecule has 1 saturated heterocycles. The molecule has 1 atom stereocenters. The topological polar surface area (TPSA) is 63.4 Å². The monoisotopic (exact) mass is 284 g/mol. The lowest BCUT2D eigenvalue weighted by molar-refractivity contribution is 0.408. The normalized spacial score (nSPS) is 21.1. The molecule has 0 saturated carbocycles. The van der Waals surface area contributed by atoms with Gasteiger partial charge < -0.3 is 5.73 Å². The van der Waals surface area contributed by atoms with Crippen molar-refractivity contribution in [2.24, 2.45) is 5.73 Å². The maximum atomic E-state index is 12.5. The Morgan fingerprint density at radius 2 is 2.22 bits per heavy atom. The van der Waals surface area contributed by atoms with Crippen molar-refractivity contribution in [2.75, 3.05) is 6.54 Å². The maximum Gasteiger partial charge on any atom is 0.243 e. The summed E-state index contributed by atoms with van der Waals surface area (Å²) in [7, 11) is -3.43. The second-order valence-electron chi connectivity index (χ2n) is 4.50. The molecular formula is C12H16N2O2S2. The maximum absolute atomic E-state index is 12.5. The Kier molecular flexibility index (Phi) is 3.70. The summed E-state index contributed by atoms with van der Waals surface area (Å²) in [5, 5.41) is 0. The van der Waals surface area contributed by atoms with E-state index in [0.29, 0.717) is 12.1 Å². The molecule has 1 aromatic rings. The first-order valence-corrected chi connectivity index (χ1v) is 7.69. The zero-order chi connectivity index (χ0) is 13.3. The van der Waals surface area contributed by atoms with Crippen LogP contribution in [-0.4, -0.2) is 30.3 Å². The summed E-state index contributed by atoms with van der Waals surface area (Å²) in [5.41, 5.74) is 6.11. The van der Waals surface area contributed by atoms with Crippen LogP contribution in [0.4, 0.5) is 0 Å². The molecule has 0 spiro atoms. The van der Waals surface area contributed by atoms with Crippen molar-refractivity contribution >= 4 is 27.2 Å². The van der Waals surface area contributed by atoms with E-state index in [1.165, 1.54) is 0 Å². The van der Waals surface area contributed by atoms with E-state index in [0.717, 1.165) is 12.8 Å². The fraction of sp³-hybridized carbons (Fsp3) is 0.417. The van der Waals surface area contributed by atoms with Gasteiger partial charge in [0.2, 0.25) is 10.0 Å². The van der Waals surface area contributed by atoms with Crippen LogP contribution in [0.15, 0.2) is 29.2 Å². The third kappa shape index (κ3) is 2.41. The van der Waals surface area contributed by atoms with Gasteiger partial charge in [0.15, 0.2) is 0 Å². The van der Waals surface area contributed by atoms with E-state index in [2.05, 4.69) is 0 Å². The second kappa shape index (κ2) is 4.95. The predicted octanol–water partition coefficient (Wildman–Crippen LogP) is 1.49. The number of thiocarbonyl (C=S) groups is 1. The summed E-state index contributed by atoms with van der Waals surface area (Å²) < 4.78 is 26.5. The highest BCUT2D eigenvalue weighted by atomic mass is 32.2. The van der Waals surface area contributed by atoms with Crippen LogP contribution >= 0.6 is 12.2 Å².